The van der Waals surface area contributed by atoms with Crippen LogP contribution in [0.25, 0.3) is 22.6 Å². The van der Waals surface area contributed by atoms with Crippen molar-refractivity contribution in [2.45, 2.75) is 11.9 Å². The second-order valence-corrected chi connectivity index (χ2v) is 5.03. The highest BCUT2D eigenvalue weighted by Gasteiger charge is 2.17. The molecule has 3 N–H and O–H groups in total. The molecule has 8 heteroatoms. The average Bonchev–Trinajstić information content (AvgIpc) is 2.84. The van der Waals surface area contributed by atoms with Crippen LogP contribution in [0.2, 0.25) is 0 Å². The van der Waals surface area contributed by atoms with E-state index in [0.29, 0.717) is 11.3 Å². The molecule has 3 rings (SSSR count). The van der Waals surface area contributed by atoms with Gasteiger partial charge in [0.25, 0.3) is 0 Å². The van der Waals surface area contributed by atoms with Crippen molar-refractivity contribution in [3.63, 3.8) is 0 Å². The van der Waals surface area contributed by atoms with E-state index in [1.807, 2.05) is 13.0 Å². The monoisotopic (exact) mass is 290 g/mol. The van der Waals surface area contributed by atoms with Gasteiger partial charge in [-0.3, -0.25) is 5.10 Å². The minimum Gasteiger partial charge on any atom is -0.381 e. The summed E-state index contributed by atoms with van der Waals surface area (Å²) in [5.41, 5.74) is 7.71. The maximum atomic E-state index is 13.7. The summed E-state index contributed by atoms with van der Waals surface area (Å²) < 4.78 is 13.7. The molecule has 3 aromatic heterocycles. The molecule has 0 aliphatic rings. The first kappa shape index (κ1) is 12.8. The molecule has 20 heavy (non-hydrogen) atoms. The van der Waals surface area contributed by atoms with E-state index in [1.165, 1.54) is 11.8 Å². The molecule has 0 bridgehead atoms. The SMILES string of the molecule is CSc1nc(-c2n[nH]c3ncc(C)cc23)nc(N)c1F. The quantitative estimate of drug-likeness (QED) is 0.555. The molecule has 0 radical (unpaired) electrons. The minimum atomic E-state index is -0.601. The van der Waals surface area contributed by atoms with E-state index in [2.05, 4.69) is 25.1 Å². The number of pyridine rings is 1. The molecule has 0 aromatic carbocycles. The fourth-order valence-electron chi connectivity index (χ4n) is 1.86. The summed E-state index contributed by atoms with van der Waals surface area (Å²) >= 11 is 1.17. The number of aryl methyl sites for hydroxylation is 1. The zero-order valence-corrected chi connectivity index (χ0v) is 11.6. The molecule has 0 spiro atoms. The van der Waals surface area contributed by atoms with Crippen LogP contribution in [0.4, 0.5) is 10.2 Å². The lowest BCUT2D eigenvalue weighted by atomic mass is 10.2. The van der Waals surface area contributed by atoms with E-state index in [9.17, 15) is 4.39 Å². The zero-order chi connectivity index (χ0) is 14.3. The van der Waals surface area contributed by atoms with E-state index in [0.717, 1.165) is 10.9 Å². The molecule has 0 unspecified atom stereocenters. The van der Waals surface area contributed by atoms with Crippen molar-refractivity contribution in [2.24, 2.45) is 0 Å². The van der Waals surface area contributed by atoms with Gasteiger partial charge in [0.1, 0.15) is 10.7 Å². The first-order valence-corrected chi connectivity index (χ1v) is 7.00. The summed E-state index contributed by atoms with van der Waals surface area (Å²) in [6.07, 6.45) is 3.46. The molecule has 0 aliphatic heterocycles. The number of nitrogens with two attached hydrogens (primary N) is 1. The van der Waals surface area contributed by atoms with Crippen molar-refractivity contribution < 1.29 is 4.39 Å². The summed E-state index contributed by atoms with van der Waals surface area (Å²) in [6, 6.07) is 1.92. The van der Waals surface area contributed by atoms with Crippen LogP contribution in [0, 0.1) is 12.7 Å². The lowest BCUT2D eigenvalue weighted by Gasteiger charge is -2.04. The van der Waals surface area contributed by atoms with Gasteiger partial charge in [0.05, 0.1) is 5.39 Å². The van der Waals surface area contributed by atoms with Gasteiger partial charge in [0.2, 0.25) is 0 Å². The van der Waals surface area contributed by atoms with Crippen LogP contribution >= 0.6 is 11.8 Å². The highest BCUT2D eigenvalue weighted by Crippen LogP contribution is 2.27. The van der Waals surface area contributed by atoms with E-state index in [4.69, 9.17) is 5.73 Å². The normalized spacial score (nSPS) is 11.2. The van der Waals surface area contributed by atoms with Gasteiger partial charge in [-0.25, -0.2) is 15.0 Å². The van der Waals surface area contributed by atoms with Gasteiger partial charge in [0, 0.05) is 6.20 Å². The average molecular weight is 290 g/mol. The van der Waals surface area contributed by atoms with Gasteiger partial charge < -0.3 is 5.73 Å². The number of thioether (sulfide) groups is 1. The van der Waals surface area contributed by atoms with Crippen LogP contribution in [0.15, 0.2) is 17.3 Å². The molecular weight excluding hydrogens is 279 g/mol. The van der Waals surface area contributed by atoms with Gasteiger partial charge in [-0.2, -0.15) is 9.49 Å². The van der Waals surface area contributed by atoms with E-state index in [-0.39, 0.29) is 16.7 Å². The maximum Gasteiger partial charge on any atom is 0.197 e. The van der Waals surface area contributed by atoms with Crippen LogP contribution in [0.5, 0.6) is 0 Å². The number of H-pyrrole nitrogens is 1. The van der Waals surface area contributed by atoms with Crippen molar-refractivity contribution in [1.29, 1.82) is 0 Å². The molecule has 0 atom stereocenters. The molecule has 0 saturated heterocycles. The van der Waals surface area contributed by atoms with Crippen molar-refractivity contribution in [2.75, 3.05) is 12.0 Å². The van der Waals surface area contributed by atoms with Crippen LogP contribution in [-0.4, -0.2) is 31.4 Å². The van der Waals surface area contributed by atoms with Crippen LogP contribution in [-0.2, 0) is 0 Å². The number of hydrogen-bond donors (Lipinski definition) is 2. The molecule has 6 nitrogen and oxygen atoms in total. The second-order valence-electron chi connectivity index (χ2n) is 4.24. The number of fused-ring (bicyclic) bond motifs is 1. The summed E-state index contributed by atoms with van der Waals surface area (Å²) in [6.45, 7) is 1.93. The fraction of sp³-hybridized carbons (Fsp3) is 0.167. The lowest BCUT2D eigenvalue weighted by molar-refractivity contribution is 0.586. The number of halogens is 1. The topological polar surface area (TPSA) is 93.4 Å². The van der Waals surface area contributed by atoms with Gasteiger partial charge in [0.15, 0.2) is 23.1 Å². The van der Waals surface area contributed by atoms with Crippen molar-refractivity contribution in [1.82, 2.24) is 25.1 Å². The maximum absolute atomic E-state index is 13.7. The van der Waals surface area contributed by atoms with Crippen LogP contribution in [0.1, 0.15) is 5.56 Å². The Morgan fingerprint density at radius 1 is 1.35 bits per heavy atom. The Morgan fingerprint density at radius 3 is 2.90 bits per heavy atom. The van der Waals surface area contributed by atoms with E-state index < -0.39 is 5.82 Å². The van der Waals surface area contributed by atoms with E-state index >= 15 is 0 Å². The number of aromatic amines is 1. The highest BCUT2D eigenvalue weighted by molar-refractivity contribution is 7.98. The molecule has 0 aliphatic carbocycles. The van der Waals surface area contributed by atoms with Gasteiger partial charge in [-0.15, -0.1) is 11.8 Å². The largest absolute Gasteiger partial charge is 0.381 e. The number of aromatic nitrogens is 5. The first-order chi connectivity index (χ1) is 9.60. The predicted molar refractivity (Wildman–Crippen MR) is 75.8 cm³/mol. The number of anilines is 1. The standard InChI is InChI=1S/C12H11FN6S/c1-5-3-6-8(18-19-10(6)15-4-5)11-16-9(14)7(13)12(17-11)20-2/h3-4H,1-2H3,(H2,14,16,17)(H,15,18,19). The smallest absolute Gasteiger partial charge is 0.197 e. The third kappa shape index (κ3) is 1.97. The Hall–Kier alpha value is -2.22. The number of nitrogen functional groups attached to an aromatic ring is 1. The lowest BCUT2D eigenvalue weighted by Crippen LogP contribution is -2.02. The van der Waals surface area contributed by atoms with Gasteiger partial charge in [-0.1, -0.05) is 0 Å². The summed E-state index contributed by atoms with van der Waals surface area (Å²) in [7, 11) is 0. The zero-order valence-electron chi connectivity index (χ0n) is 10.8. The molecule has 102 valence electrons. The Kier molecular flexibility index (Phi) is 3.01. The fourth-order valence-corrected chi connectivity index (χ4v) is 2.32. The van der Waals surface area contributed by atoms with Crippen molar-refractivity contribution >= 4 is 28.6 Å². The number of hydrogen-bond acceptors (Lipinski definition) is 6. The third-order valence-electron chi connectivity index (χ3n) is 2.80. The molecule has 0 amide bonds. The molecular formula is C12H11FN6S. The summed E-state index contributed by atoms with van der Waals surface area (Å²) in [4.78, 5) is 12.4. The molecule has 0 saturated carbocycles. The minimum absolute atomic E-state index is 0.184. The second kappa shape index (κ2) is 4.71. The predicted octanol–water partition coefficient (Wildman–Crippen LogP) is 2.17. The Labute approximate surface area is 118 Å². The Morgan fingerprint density at radius 2 is 2.15 bits per heavy atom. The summed E-state index contributed by atoms with van der Waals surface area (Å²) in [5.74, 6) is -0.501. The number of nitrogens with one attached hydrogen (secondary N) is 1. The van der Waals surface area contributed by atoms with Crippen molar-refractivity contribution in [3.05, 3.63) is 23.6 Å². The number of rotatable bonds is 2. The van der Waals surface area contributed by atoms with Crippen LogP contribution in [0.3, 0.4) is 0 Å². The van der Waals surface area contributed by atoms with Crippen molar-refractivity contribution in [3.8, 4) is 11.5 Å². The summed E-state index contributed by atoms with van der Waals surface area (Å²) in [5, 5.41) is 7.94. The highest BCUT2D eigenvalue weighted by atomic mass is 32.2. The van der Waals surface area contributed by atoms with Gasteiger partial charge in [-0.05, 0) is 24.8 Å². The molecule has 3 aromatic rings. The van der Waals surface area contributed by atoms with Gasteiger partial charge >= 0.3 is 0 Å². The number of nitrogens with zero attached hydrogens (tertiary/aromatic N) is 4. The third-order valence-corrected chi connectivity index (χ3v) is 3.46. The molecule has 0 fully saturated rings. The van der Waals surface area contributed by atoms with Crippen LogP contribution < -0.4 is 5.73 Å². The Balaban J connectivity index is 2.25. The van der Waals surface area contributed by atoms with E-state index in [1.54, 1.807) is 12.5 Å². The molecule has 3 heterocycles. The Bertz CT molecular complexity index is 800. The first-order valence-electron chi connectivity index (χ1n) is 5.78.